The second-order valence-corrected chi connectivity index (χ2v) is 6.55. The first kappa shape index (κ1) is 16.7. The molecular formula is C19H15N3O2S. The van der Waals surface area contributed by atoms with Gasteiger partial charge in [0, 0.05) is 23.6 Å². The highest BCUT2D eigenvalue weighted by Crippen LogP contribution is 2.22. The van der Waals surface area contributed by atoms with Crippen LogP contribution in [0.15, 0.2) is 58.8 Å². The molecule has 1 N–H and O–H groups in total. The van der Waals surface area contributed by atoms with Crippen molar-refractivity contribution in [2.24, 2.45) is 0 Å². The van der Waals surface area contributed by atoms with Crippen LogP contribution in [0.5, 0.6) is 0 Å². The first-order chi connectivity index (χ1) is 12.1. The van der Waals surface area contributed by atoms with Crippen molar-refractivity contribution < 1.29 is 9.21 Å². The maximum absolute atomic E-state index is 12.2. The monoisotopic (exact) mass is 349 g/mol. The average Bonchev–Trinajstić information content (AvgIpc) is 3.24. The molecule has 124 valence electrons. The topological polar surface area (TPSA) is 78.9 Å². The molecule has 1 aromatic carbocycles. The van der Waals surface area contributed by atoms with Crippen molar-refractivity contribution in [2.75, 3.05) is 5.32 Å². The molecule has 5 nitrogen and oxygen atoms in total. The fourth-order valence-electron chi connectivity index (χ4n) is 2.30. The standard InChI is InChI=1S/C19H15N3O2S/c1-13-4-2-5-14(8-13)9-17-12-21-19(25-17)22-18(23)15(11-20)10-16-6-3-7-24-16/h2-8,10,12H,9H2,1H3,(H,21,22,23)/b15-10+. The van der Waals surface area contributed by atoms with E-state index >= 15 is 0 Å². The van der Waals surface area contributed by atoms with E-state index in [9.17, 15) is 4.79 Å². The summed E-state index contributed by atoms with van der Waals surface area (Å²) in [7, 11) is 0. The smallest absolute Gasteiger partial charge is 0.268 e. The maximum Gasteiger partial charge on any atom is 0.268 e. The van der Waals surface area contributed by atoms with E-state index in [4.69, 9.17) is 9.68 Å². The van der Waals surface area contributed by atoms with Gasteiger partial charge in [0.05, 0.1) is 6.26 Å². The van der Waals surface area contributed by atoms with Crippen molar-refractivity contribution >= 4 is 28.5 Å². The average molecular weight is 349 g/mol. The molecule has 25 heavy (non-hydrogen) atoms. The Morgan fingerprint density at radius 3 is 3.00 bits per heavy atom. The summed E-state index contributed by atoms with van der Waals surface area (Å²) < 4.78 is 5.13. The third-order valence-corrected chi connectivity index (χ3v) is 4.34. The van der Waals surface area contributed by atoms with E-state index in [2.05, 4.69) is 35.4 Å². The first-order valence-electron chi connectivity index (χ1n) is 7.61. The van der Waals surface area contributed by atoms with Crippen molar-refractivity contribution in [1.29, 1.82) is 5.26 Å². The lowest BCUT2D eigenvalue weighted by Crippen LogP contribution is -2.13. The SMILES string of the molecule is Cc1cccc(Cc2cnc(NC(=O)/C(C#N)=C/c3ccco3)s2)c1. The quantitative estimate of drug-likeness (QED) is 0.553. The van der Waals surface area contributed by atoms with Crippen LogP contribution in [0, 0.1) is 18.3 Å². The van der Waals surface area contributed by atoms with E-state index in [1.165, 1.54) is 34.8 Å². The second-order valence-electron chi connectivity index (χ2n) is 5.44. The number of benzene rings is 1. The largest absolute Gasteiger partial charge is 0.465 e. The molecule has 0 spiro atoms. The number of aryl methyl sites for hydroxylation is 1. The third-order valence-electron chi connectivity index (χ3n) is 3.43. The Kier molecular flexibility index (Phi) is 5.07. The molecule has 3 rings (SSSR count). The molecule has 0 saturated carbocycles. The maximum atomic E-state index is 12.2. The minimum absolute atomic E-state index is 0.0367. The molecule has 0 atom stereocenters. The van der Waals surface area contributed by atoms with E-state index in [-0.39, 0.29) is 5.57 Å². The van der Waals surface area contributed by atoms with Gasteiger partial charge in [0.15, 0.2) is 5.13 Å². The molecule has 0 bridgehead atoms. The van der Waals surface area contributed by atoms with Crippen molar-refractivity contribution in [3.63, 3.8) is 0 Å². The Morgan fingerprint density at radius 1 is 1.40 bits per heavy atom. The van der Waals surface area contributed by atoms with E-state index in [0.717, 1.165) is 11.3 Å². The van der Waals surface area contributed by atoms with Crippen LogP contribution in [0.3, 0.4) is 0 Å². The Balaban J connectivity index is 1.68. The van der Waals surface area contributed by atoms with E-state index in [0.29, 0.717) is 10.9 Å². The molecule has 2 heterocycles. The zero-order chi connectivity index (χ0) is 17.6. The van der Waals surface area contributed by atoms with Gasteiger partial charge in [0.2, 0.25) is 0 Å². The Labute approximate surface area is 149 Å². The summed E-state index contributed by atoms with van der Waals surface area (Å²) >= 11 is 1.39. The number of furan rings is 1. The summed E-state index contributed by atoms with van der Waals surface area (Å²) in [6, 6.07) is 13.5. The fraction of sp³-hybridized carbons (Fsp3) is 0.105. The van der Waals surface area contributed by atoms with Gasteiger partial charge in [-0.25, -0.2) is 4.98 Å². The van der Waals surface area contributed by atoms with Crippen LogP contribution in [-0.4, -0.2) is 10.9 Å². The number of amides is 1. The van der Waals surface area contributed by atoms with Crippen molar-refractivity contribution in [2.45, 2.75) is 13.3 Å². The summed E-state index contributed by atoms with van der Waals surface area (Å²) in [6.07, 6.45) is 5.38. The molecule has 0 unspecified atom stereocenters. The predicted octanol–water partition coefficient (Wildman–Crippen LogP) is 4.18. The minimum Gasteiger partial charge on any atom is -0.465 e. The van der Waals surface area contributed by atoms with Gasteiger partial charge in [-0.1, -0.05) is 29.8 Å². The molecule has 2 aromatic heterocycles. The number of hydrogen-bond donors (Lipinski definition) is 1. The van der Waals surface area contributed by atoms with Crippen molar-refractivity contribution in [3.8, 4) is 6.07 Å². The van der Waals surface area contributed by atoms with Crippen LogP contribution >= 0.6 is 11.3 Å². The zero-order valence-corrected chi connectivity index (χ0v) is 14.3. The molecule has 0 aliphatic rings. The van der Waals surface area contributed by atoms with Gasteiger partial charge in [0.1, 0.15) is 17.4 Å². The number of anilines is 1. The number of nitrogens with one attached hydrogen (secondary N) is 1. The Bertz CT molecular complexity index is 949. The van der Waals surface area contributed by atoms with E-state index in [1.807, 2.05) is 12.1 Å². The van der Waals surface area contributed by atoms with Gasteiger partial charge in [-0.2, -0.15) is 5.26 Å². The van der Waals surface area contributed by atoms with E-state index in [1.54, 1.807) is 18.3 Å². The molecule has 0 radical (unpaired) electrons. The summed E-state index contributed by atoms with van der Waals surface area (Å²) in [5.74, 6) is -0.0543. The van der Waals surface area contributed by atoms with Gasteiger partial charge in [0.25, 0.3) is 5.91 Å². The summed E-state index contributed by atoms with van der Waals surface area (Å²) in [6.45, 7) is 2.05. The van der Waals surface area contributed by atoms with Crippen LogP contribution in [0.4, 0.5) is 5.13 Å². The molecular weight excluding hydrogens is 334 g/mol. The lowest BCUT2D eigenvalue weighted by atomic mass is 10.1. The van der Waals surface area contributed by atoms with Crippen LogP contribution in [-0.2, 0) is 11.2 Å². The highest BCUT2D eigenvalue weighted by molar-refractivity contribution is 7.15. The predicted molar refractivity (Wildman–Crippen MR) is 97.0 cm³/mol. The lowest BCUT2D eigenvalue weighted by molar-refractivity contribution is -0.112. The number of carbonyl (C=O) groups excluding carboxylic acids is 1. The number of carbonyl (C=O) groups is 1. The number of nitrogens with zero attached hydrogens (tertiary/aromatic N) is 2. The number of thiazole rings is 1. The molecule has 3 aromatic rings. The van der Waals surface area contributed by atoms with Gasteiger partial charge in [-0.3, -0.25) is 10.1 Å². The van der Waals surface area contributed by atoms with Crippen LogP contribution in [0.25, 0.3) is 6.08 Å². The van der Waals surface area contributed by atoms with Crippen molar-refractivity contribution in [3.05, 3.63) is 76.2 Å². The number of hydrogen-bond acceptors (Lipinski definition) is 5. The van der Waals surface area contributed by atoms with Gasteiger partial charge in [-0.15, -0.1) is 11.3 Å². The van der Waals surface area contributed by atoms with Gasteiger partial charge < -0.3 is 4.42 Å². The van der Waals surface area contributed by atoms with E-state index < -0.39 is 5.91 Å². The second kappa shape index (κ2) is 7.60. The molecule has 0 saturated heterocycles. The van der Waals surface area contributed by atoms with Gasteiger partial charge >= 0.3 is 0 Å². The normalized spacial score (nSPS) is 11.1. The first-order valence-corrected chi connectivity index (χ1v) is 8.42. The summed E-state index contributed by atoms with van der Waals surface area (Å²) in [5, 5.41) is 12.3. The van der Waals surface area contributed by atoms with Crippen LogP contribution in [0.1, 0.15) is 21.8 Å². The van der Waals surface area contributed by atoms with Crippen molar-refractivity contribution in [1.82, 2.24) is 4.98 Å². The Morgan fingerprint density at radius 2 is 2.28 bits per heavy atom. The fourth-order valence-corrected chi connectivity index (χ4v) is 3.14. The van der Waals surface area contributed by atoms with Crippen LogP contribution in [0.2, 0.25) is 0 Å². The minimum atomic E-state index is -0.504. The third kappa shape index (κ3) is 4.43. The van der Waals surface area contributed by atoms with Crippen LogP contribution < -0.4 is 5.32 Å². The highest BCUT2D eigenvalue weighted by Gasteiger charge is 2.13. The highest BCUT2D eigenvalue weighted by atomic mass is 32.1. The number of aromatic nitrogens is 1. The summed E-state index contributed by atoms with van der Waals surface area (Å²) in [5.41, 5.74) is 2.36. The molecule has 0 aliphatic carbocycles. The Hall–Kier alpha value is -3.17. The molecule has 6 heteroatoms. The molecule has 1 amide bonds. The molecule has 0 aliphatic heterocycles. The zero-order valence-electron chi connectivity index (χ0n) is 13.5. The number of rotatable bonds is 5. The lowest BCUT2D eigenvalue weighted by Gasteiger charge is -2.00. The molecule has 0 fully saturated rings. The van der Waals surface area contributed by atoms with Gasteiger partial charge in [-0.05, 0) is 24.6 Å². The number of nitriles is 1. The summed E-state index contributed by atoms with van der Waals surface area (Å²) in [4.78, 5) is 17.5.